The van der Waals surface area contributed by atoms with Gasteiger partial charge in [-0.3, -0.25) is 4.79 Å². The van der Waals surface area contributed by atoms with Gasteiger partial charge in [-0.25, -0.2) is 4.79 Å². The number of carbonyl (C=O) groups excluding carboxylic acids is 2. The van der Waals surface area contributed by atoms with Crippen molar-refractivity contribution in [1.29, 1.82) is 0 Å². The first-order valence-electron chi connectivity index (χ1n) is 7.54. The van der Waals surface area contributed by atoms with Crippen LogP contribution in [0.2, 0.25) is 0 Å². The van der Waals surface area contributed by atoms with Gasteiger partial charge < -0.3 is 29.3 Å². The summed E-state index contributed by atoms with van der Waals surface area (Å²) in [5.74, 6) is -1.70. The fourth-order valence-electron chi connectivity index (χ4n) is 1.48. The maximum absolute atomic E-state index is 11.4. The van der Waals surface area contributed by atoms with E-state index in [1.807, 2.05) is 6.92 Å². The molecular formula is C14H21N3O8. The summed E-state index contributed by atoms with van der Waals surface area (Å²) in [5.41, 5.74) is 0. The molecule has 1 aromatic rings. The number of azo groups is 1. The summed E-state index contributed by atoms with van der Waals surface area (Å²) in [6.45, 7) is 4.30. The van der Waals surface area contributed by atoms with E-state index in [9.17, 15) is 19.8 Å². The minimum Gasteiger partial charge on any atom is -0.492 e. The monoisotopic (exact) mass is 359 g/mol. The first-order chi connectivity index (χ1) is 12.0. The maximum Gasteiger partial charge on any atom is 0.477 e. The van der Waals surface area contributed by atoms with E-state index >= 15 is 0 Å². The van der Waals surface area contributed by atoms with E-state index in [0.29, 0.717) is 37.8 Å². The number of aromatic nitrogens is 1. The summed E-state index contributed by atoms with van der Waals surface area (Å²) in [5, 5.41) is 24.7. The van der Waals surface area contributed by atoms with Gasteiger partial charge in [-0.2, -0.15) is 0 Å². The van der Waals surface area contributed by atoms with E-state index in [1.54, 1.807) is 0 Å². The van der Waals surface area contributed by atoms with Crippen molar-refractivity contribution in [3.63, 3.8) is 0 Å². The standard InChI is InChI=1S/C14H21N3O8/c1-2-22-7-8-24-10-9-23-6-5-11(18)15-16-14(21)25-17-12(19)3-4-13(17)20/h3-4,19-20H,2,5-10H2,1H3. The normalized spacial score (nSPS) is 11.1. The molecule has 0 saturated heterocycles. The van der Waals surface area contributed by atoms with Gasteiger partial charge in [-0.05, 0) is 6.92 Å². The minimum atomic E-state index is -1.28. The molecule has 0 aliphatic heterocycles. The van der Waals surface area contributed by atoms with Crippen LogP contribution >= 0.6 is 0 Å². The van der Waals surface area contributed by atoms with Crippen molar-refractivity contribution >= 4 is 12.0 Å². The van der Waals surface area contributed by atoms with E-state index in [2.05, 4.69) is 15.1 Å². The number of ether oxygens (including phenoxy) is 3. The average Bonchev–Trinajstić information content (AvgIpc) is 2.90. The second-order valence-electron chi connectivity index (χ2n) is 4.47. The molecule has 140 valence electrons. The van der Waals surface area contributed by atoms with Gasteiger partial charge in [0.05, 0.1) is 39.5 Å². The Labute approximate surface area is 143 Å². The molecule has 0 spiro atoms. The second-order valence-corrected chi connectivity index (χ2v) is 4.47. The van der Waals surface area contributed by atoms with Crippen molar-refractivity contribution in [2.75, 3.05) is 39.6 Å². The first-order valence-corrected chi connectivity index (χ1v) is 7.54. The summed E-state index contributed by atoms with van der Waals surface area (Å²) in [4.78, 5) is 27.2. The van der Waals surface area contributed by atoms with Gasteiger partial charge in [-0.15, -0.1) is 9.84 Å². The molecule has 2 N–H and O–H groups in total. The third kappa shape index (κ3) is 8.79. The van der Waals surface area contributed by atoms with Crippen molar-refractivity contribution in [3.8, 4) is 11.8 Å². The molecule has 11 nitrogen and oxygen atoms in total. The third-order valence-electron chi connectivity index (χ3n) is 2.62. The van der Waals surface area contributed by atoms with Gasteiger partial charge >= 0.3 is 6.09 Å². The number of aromatic hydroxyl groups is 2. The van der Waals surface area contributed by atoms with Crippen molar-refractivity contribution in [1.82, 2.24) is 4.73 Å². The van der Waals surface area contributed by atoms with Crippen LogP contribution in [0.3, 0.4) is 0 Å². The number of hydrogen-bond acceptors (Lipinski definition) is 8. The lowest BCUT2D eigenvalue weighted by Gasteiger charge is -2.05. The maximum atomic E-state index is 11.4. The Balaban J connectivity index is 2.11. The average molecular weight is 359 g/mol. The molecule has 0 aliphatic rings. The zero-order valence-electron chi connectivity index (χ0n) is 13.8. The Kier molecular flexibility index (Phi) is 9.82. The van der Waals surface area contributed by atoms with Crippen molar-refractivity contribution in [2.45, 2.75) is 13.3 Å². The van der Waals surface area contributed by atoms with Gasteiger partial charge in [0.25, 0.3) is 5.91 Å². The Morgan fingerprint density at radius 1 is 0.960 bits per heavy atom. The molecule has 1 aromatic heterocycles. The van der Waals surface area contributed by atoms with Crippen LogP contribution in [-0.2, 0) is 19.0 Å². The smallest absolute Gasteiger partial charge is 0.477 e. The molecule has 0 atom stereocenters. The minimum absolute atomic E-state index is 0.0737. The van der Waals surface area contributed by atoms with Gasteiger partial charge in [0.15, 0.2) is 0 Å². The van der Waals surface area contributed by atoms with Crippen LogP contribution in [0, 0.1) is 0 Å². The van der Waals surface area contributed by atoms with Crippen LogP contribution in [0.25, 0.3) is 0 Å². The molecule has 0 unspecified atom stereocenters. The Morgan fingerprint density at radius 3 is 2.12 bits per heavy atom. The fourth-order valence-corrected chi connectivity index (χ4v) is 1.48. The lowest BCUT2D eigenvalue weighted by Crippen LogP contribution is -2.15. The number of nitrogens with zero attached hydrogens (tertiary/aromatic N) is 3. The predicted molar refractivity (Wildman–Crippen MR) is 82.3 cm³/mol. The Morgan fingerprint density at radius 2 is 1.52 bits per heavy atom. The van der Waals surface area contributed by atoms with Gasteiger partial charge in [0, 0.05) is 18.7 Å². The molecule has 0 saturated carbocycles. The molecule has 0 bridgehead atoms. The summed E-state index contributed by atoms with van der Waals surface area (Å²) < 4.78 is 15.9. The van der Waals surface area contributed by atoms with Crippen LogP contribution in [0.15, 0.2) is 22.4 Å². The van der Waals surface area contributed by atoms with Gasteiger partial charge in [-0.1, -0.05) is 5.11 Å². The van der Waals surface area contributed by atoms with Crippen molar-refractivity contribution in [2.24, 2.45) is 10.2 Å². The number of hydrogen-bond donors (Lipinski definition) is 2. The zero-order valence-corrected chi connectivity index (χ0v) is 13.8. The number of carbonyl (C=O) groups is 2. The SMILES string of the molecule is CCOCCOCCOCCC(=O)N=NC(=O)On1c(O)ccc1O. The highest BCUT2D eigenvalue weighted by Crippen LogP contribution is 2.18. The summed E-state index contributed by atoms with van der Waals surface area (Å²) in [6.07, 6.45) is -1.35. The summed E-state index contributed by atoms with van der Waals surface area (Å²) in [6, 6.07) is 2.20. The van der Waals surface area contributed by atoms with Crippen molar-refractivity contribution in [3.05, 3.63) is 12.1 Å². The fraction of sp³-hybridized carbons (Fsp3) is 0.571. The summed E-state index contributed by atoms with van der Waals surface area (Å²) in [7, 11) is 0. The molecule has 0 fully saturated rings. The predicted octanol–water partition coefficient (Wildman–Crippen LogP) is 0.886. The molecule has 1 heterocycles. The highest BCUT2D eigenvalue weighted by atomic mass is 16.7. The molecule has 0 radical (unpaired) electrons. The molecule has 1 rings (SSSR count). The van der Waals surface area contributed by atoms with E-state index in [1.165, 1.54) is 0 Å². The largest absolute Gasteiger partial charge is 0.492 e. The van der Waals surface area contributed by atoms with E-state index in [-0.39, 0.29) is 13.0 Å². The van der Waals surface area contributed by atoms with E-state index in [0.717, 1.165) is 12.1 Å². The van der Waals surface area contributed by atoms with Crippen molar-refractivity contribution < 1.29 is 38.9 Å². The quantitative estimate of drug-likeness (QED) is 0.438. The number of rotatable bonds is 11. The van der Waals surface area contributed by atoms with E-state index in [4.69, 9.17) is 14.2 Å². The summed E-state index contributed by atoms with van der Waals surface area (Å²) >= 11 is 0. The van der Waals surface area contributed by atoms with Crippen LogP contribution in [0.4, 0.5) is 4.79 Å². The Bertz CT molecular complexity index is 553. The van der Waals surface area contributed by atoms with Gasteiger partial charge in [0.2, 0.25) is 11.8 Å². The molecule has 25 heavy (non-hydrogen) atoms. The third-order valence-corrected chi connectivity index (χ3v) is 2.62. The first kappa shape index (κ1) is 20.5. The lowest BCUT2D eigenvalue weighted by molar-refractivity contribution is -0.119. The van der Waals surface area contributed by atoms with Gasteiger partial charge in [0.1, 0.15) is 0 Å². The van der Waals surface area contributed by atoms with E-state index < -0.39 is 23.8 Å². The Hall–Kier alpha value is -2.50. The highest BCUT2D eigenvalue weighted by Gasteiger charge is 2.12. The number of amides is 2. The zero-order chi connectivity index (χ0) is 18.5. The molecule has 0 aromatic carbocycles. The lowest BCUT2D eigenvalue weighted by atomic mass is 10.4. The van der Waals surface area contributed by atoms with Crippen LogP contribution in [0.1, 0.15) is 13.3 Å². The van der Waals surface area contributed by atoms with Crippen LogP contribution in [0.5, 0.6) is 11.8 Å². The van der Waals surface area contributed by atoms with Crippen LogP contribution in [-0.4, -0.2) is 66.6 Å². The molecule has 11 heteroatoms. The second kappa shape index (κ2) is 11.9. The molecular weight excluding hydrogens is 338 g/mol. The topological polar surface area (TPSA) is 141 Å². The highest BCUT2D eigenvalue weighted by molar-refractivity contribution is 5.78. The molecule has 2 amide bonds. The van der Waals surface area contributed by atoms with Crippen LogP contribution < -0.4 is 4.84 Å². The molecule has 0 aliphatic carbocycles.